The molecule has 1 aromatic rings. The Kier molecular flexibility index (Phi) is 24.2. The SMILES string of the molecule is O=C(OCCl)c1ccccc1O.[Li+].[Li+].[Li+].[O-]B([O-])[O-]. The van der Waals surface area contributed by atoms with Crippen molar-refractivity contribution >= 4 is 24.9 Å². The van der Waals surface area contributed by atoms with Crippen LogP contribution in [0.25, 0.3) is 0 Å². The fraction of sp³-hybridized carbons (Fsp3) is 0.125. The molecule has 1 N–H and O–H groups in total. The van der Waals surface area contributed by atoms with Crippen LogP contribution in [-0.4, -0.2) is 24.5 Å². The van der Waals surface area contributed by atoms with Gasteiger partial charge in [-0.3, -0.25) is 7.32 Å². The molecule has 0 radical (unpaired) electrons. The van der Waals surface area contributed by atoms with Crippen LogP contribution >= 0.6 is 11.6 Å². The summed E-state index contributed by atoms with van der Waals surface area (Å²) in [5, 5.41) is 34.4. The van der Waals surface area contributed by atoms with Gasteiger partial charge in [-0.15, -0.1) is 0 Å². The first-order valence-electron chi connectivity index (χ1n) is 3.97. The number of phenols is 1. The summed E-state index contributed by atoms with van der Waals surface area (Å²) in [6.07, 6.45) is 0. The van der Waals surface area contributed by atoms with Gasteiger partial charge < -0.3 is 24.9 Å². The number of hydrogen-bond donors (Lipinski definition) is 1. The van der Waals surface area contributed by atoms with Gasteiger partial charge in [0.15, 0.2) is 6.07 Å². The minimum atomic E-state index is -2.92. The van der Waals surface area contributed by atoms with E-state index in [0.717, 1.165) is 0 Å². The molecule has 1 aromatic carbocycles. The van der Waals surface area contributed by atoms with Gasteiger partial charge in [-0.25, -0.2) is 4.79 Å². The number of carbonyl (C=O) groups excluding carboxylic acids is 1. The van der Waals surface area contributed by atoms with E-state index in [1.807, 2.05) is 0 Å². The van der Waals surface area contributed by atoms with E-state index in [-0.39, 0.29) is 74.0 Å². The average Bonchev–Trinajstić information content (AvgIpc) is 2.17. The number of rotatable bonds is 2. The fourth-order valence-corrected chi connectivity index (χ4v) is 0.873. The average molecular weight is 266 g/mol. The quantitative estimate of drug-likeness (QED) is 0.323. The summed E-state index contributed by atoms with van der Waals surface area (Å²) >= 11 is 5.17. The first kappa shape index (κ1) is 27.8. The number of hydrogen-bond acceptors (Lipinski definition) is 6. The number of carbonyl (C=O) groups is 1. The molecule has 0 aliphatic rings. The standard InChI is InChI=1S/C8H7ClO3.BO3.3Li/c9-5-12-8(11)6-3-1-2-4-7(6)10;2-1(3)4;;;/h1-4,10H,5H2;;;;/q;-3;3*+1. The van der Waals surface area contributed by atoms with Crippen molar-refractivity contribution in [2.24, 2.45) is 0 Å². The van der Waals surface area contributed by atoms with Gasteiger partial charge in [0.2, 0.25) is 0 Å². The van der Waals surface area contributed by atoms with E-state index in [1.54, 1.807) is 12.1 Å². The Morgan fingerprint density at radius 3 is 2.00 bits per heavy atom. The third-order valence-electron chi connectivity index (χ3n) is 1.31. The summed E-state index contributed by atoms with van der Waals surface area (Å²) in [6, 6.07) is 5.90. The van der Waals surface area contributed by atoms with Crippen molar-refractivity contribution in [2.45, 2.75) is 0 Å². The Morgan fingerprint density at radius 2 is 1.63 bits per heavy atom. The van der Waals surface area contributed by atoms with Gasteiger partial charge in [0.05, 0.1) is 0 Å². The zero-order valence-electron chi connectivity index (χ0n) is 11.0. The van der Waals surface area contributed by atoms with Gasteiger partial charge in [-0.1, -0.05) is 23.7 Å². The van der Waals surface area contributed by atoms with Crippen LogP contribution in [0.4, 0.5) is 0 Å². The number of alkyl halides is 1. The molecule has 0 spiro atoms. The summed E-state index contributed by atoms with van der Waals surface area (Å²) in [4.78, 5) is 11.0. The molecular formula is C8H7BClLi3O6. The van der Waals surface area contributed by atoms with Crippen LogP contribution in [-0.2, 0) is 4.74 Å². The number of para-hydroxylation sites is 1. The maximum atomic E-state index is 11.0. The molecule has 0 unspecified atom stereocenters. The molecule has 0 aliphatic heterocycles. The molecule has 0 saturated carbocycles. The van der Waals surface area contributed by atoms with Crippen LogP contribution in [0.3, 0.4) is 0 Å². The number of esters is 1. The van der Waals surface area contributed by atoms with Gasteiger partial charge in [-0.05, 0) is 12.1 Å². The molecule has 0 heterocycles. The van der Waals surface area contributed by atoms with Crippen LogP contribution in [0, 0.1) is 0 Å². The van der Waals surface area contributed by atoms with E-state index in [2.05, 4.69) is 4.74 Å². The zero-order chi connectivity index (χ0) is 12.6. The summed E-state index contributed by atoms with van der Waals surface area (Å²) in [5.41, 5.74) is 0.123. The molecule has 19 heavy (non-hydrogen) atoms. The second-order valence-electron chi connectivity index (χ2n) is 2.35. The van der Waals surface area contributed by atoms with E-state index in [0.29, 0.717) is 0 Å². The molecule has 1 rings (SSSR count). The van der Waals surface area contributed by atoms with E-state index in [4.69, 9.17) is 31.8 Å². The fourth-order valence-electron chi connectivity index (χ4n) is 0.774. The van der Waals surface area contributed by atoms with E-state index < -0.39 is 13.3 Å². The summed E-state index contributed by atoms with van der Waals surface area (Å²) in [5.74, 6) is -0.726. The van der Waals surface area contributed by atoms with Crippen LogP contribution in [0.15, 0.2) is 24.3 Å². The van der Waals surface area contributed by atoms with Crippen molar-refractivity contribution in [1.29, 1.82) is 0 Å². The van der Waals surface area contributed by atoms with Crippen molar-refractivity contribution in [3.8, 4) is 5.75 Å². The Balaban J connectivity index is -0.000000144. The third kappa shape index (κ3) is 14.7. The molecule has 0 aliphatic carbocycles. The van der Waals surface area contributed by atoms with Gasteiger partial charge in [0, 0.05) is 0 Å². The topological polar surface area (TPSA) is 116 Å². The van der Waals surface area contributed by atoms with Crippen molar-refractivity contribution in [3.05, 3.63) is 29.8 Å². The van der Waals surface area contributed by atoms with Crippen molar-refractivity contribution in [3.63, 3.8) is 0 Å². The van der Waals surface area contributed by atoms with E-state index in [9.17, 15) is 4.79 Å². The van der Waals surface area contributed by atoms with Crippen molar-refractivity contribution in [2.75, 3.05) is 6.07 Å². The monoisotopic (exact) mass is 266 g/mol. The van der Waals surface area contributed by atoms with Crippen LogP contribution in [0.5, 0.6) is 5.75 Å². The Hall–Kier alpha value is 0.517. The van der Waals surface area contributed by atoms with Crippen LogP contribution in [0.2, 0.25) is 0 Å². The summed E-state index contributed by atoms with van der Waals surface area (Å²) in [6.45, 7) is 0. The molecule has 0 amide bonds. The first-order valence-corrected chi connectivity index (χ1v) is 4.51. The first-order chi connectivity index (χ1) is 7.49. The van der Waals surface area contributed by atoms with E-state index >= 15 is 0 Å². The molecule has 6 nitrogen and oxygen atoms in total. The van der Waals surface area contributed by atoms with E-state index in [1.165, 1.54) is 12.1 Å². The molecule has 88 valence electrons. The molecule has 0 saturated heterocycles. The Morgan fingerprint density at radius 1 is 1.21 bits per heavy atom. The van der Waals surface area contributed by atoms with Gasteiger partial charge in [0.25, 0.3) is 0 Å². The Bertz CT molecular complexity index is 341. The van der Waals surface area contributed by atoms with Gasteiger partial charge in [-0.2, -0.15) is 0 Å². The molecule has 0 aromatic heterocycles. The van der Waals surface area contributed by atoms with Crippen molar-refractivity contribution in [1.82, 2.24) is 0 Å². The molecule has 11 heteroatoms. The van der Waals surface area contributed by atoms with Crippen molar-refractivity contribution < 1.29 is 86.3 Å². The number of ether oxygens (including phenoxy) is 1. The summed E-state index contributed by atoms with van der Waals surface area (Å²) < 4.78 is 4.48. The third-order valence-corrected chi connectivity index (χ3v) is 1.42. The minimum absolute atomic E-state index is 0. The predicted octanol–water partition coefficient (Wildman–Crippen LogP) is -11.2. The largest absolute Gasteiger partial charge is 1.00 e. The molecule has 0 fully saturated rings. The second-order valence-corrected chi connectivity index (χ2v) is 2.56. The van der Waals surface area contributed by atoms with Crippen LogP contribution < -0.4 is 71.7 Å². The Labute approximate surface area is 152 Å². The maximum Gasteiger partial charge on any atom is 1.00 e. The number of aromatic hydroxyl groups is 1. The second kappa shape index (κ2) is 16.6. The predicted molar refractivity (Wildman–Crippen MR) is 50.0 cm³/mol. The normalized spacial score (nSPS) is 7.37. The number of halogens is 1. The smallest absolute Gasteiger partial charge is 0.907 e. The zero-order valence-corrected chi connectivity index (χ0v) is 11.7. The maximum absolute atomic E-state index is 11.0. The molecule has 0 bridgehead atoms. The number of phenolic OH excluding ortho intramolecular Hbond substituents is 1. The van der Waals surface area contributed by atoms with Gasteiger partial charge in [0.1, 0.15) is 11.3 Å². The van der Waals surface area contributed by atoms with Gasteiger partial charge >= 0.3 is 62.6 Å². The summed E-state index contributed by atoms with van der Waals surface area (Å²) in [7, 11) is -2.92. The van der Waals surface area contributed by atoms with Crippen LogP contribution in [0.1, 0.15) is 10.4 Å². The minimum Gasteiger partial charge on any atom is -0.907 e. The molecular weight excluding hydrogens is 259 g/mol. The number of benzene rings is 1. The molecule has 0 atom stereocenters.